The second kappa shape index (κ2) is 6.70. The van der Waals surface area contributed by atoms with Gasteiger partial charge in [0.05, 0.1) is 29.4 Å². The molecule has 0 aliphatic carbocycles. The number of hydrogen-bond donors (Lipinski definition) is 0. The number of aromatic nitrogens is 2. The number of rotatable bonds is 5. The Morgan fingerprint density at radius 1 is 1.15 bits per heavy atom. The highest BCUT2D eigenvalue weighted by Gasteiger charge is 2.40. The molecule has 0 N–H and O–H groups in total. The third-order valence-corrected chi connectivity index (χ3v) is 6.97. The molecule has 8 heteroatoms. The lowest BCUT2D eigenvalue weighted by Crippen LogP contribution is -2.57. The van der Waals surface area contributed by atoms with Gasteiger partial charge in [0.2, 0.25) is 5.91 Å². The average molecular weight is 385 g/mol. The van der Waals surface area contributed by atoms with Gasteiger partial charge in [0.15, 0.2) is 9.84 Å². The lowest BCUT2D eigenvalue weighted by Gasteiger charge is -2.38. The van der Waals surface area contributed by atoms with Crippen LogP contribution in [0.15, 0.2) is 59.8 Å². The maximum Gasteiger partial charge on any atom is 0.242 e. The first-order valence-corrected chi connectivity index (χ1v) is 10.1. The van der Waals surface area contributed by atoms with Crippen LogP contribution in [-0.4, -0.2) is 54.2 Å². The Balaban J connectivity index is 1.41. The molecule has 1 amide bonds. The predicted molar refractivity (Wildman–Crippen MR) is 100 cm³/mol. The molecule has 0 atom stereocenters. The van der Waals surface area contributed by atoms with Crippen molar-refractivity contribution >= 4 is 26.8 Å². The zero-order valence-electron chi connectivity index (χ0n) is 14.8. The van der Waals surface area contributed by atoms with E-state index in [0.29, 0.717) is 5.75 Å². The van der Waals surface area contributed by atoms with Gasteiger partial charge in [0, 0.05) is 13.1 Å². The minimum absolute atomic E-state index is 0.112. The smallest absolute Gasteiger partial charge is 0.242 e. The summed E-state index contributed by atoms with van der Waals surface area (Å²) in [6.07, 6.45) is 1.63. The van der Waals surface area contributed by atoms with Gasteiger partial charge in [-0.15, -0.1) is 0 Å². The van der Waals surface area contributed by atoms with E-state index in [1.165, 1.54) is 19.2 Å². The van der Waals surface area contributed by atoms with Crippen molar-refractivity contribution in [1.82, 2.24) is 14.5 Å². The van der Waals surface area contributed by atoms with Gasteiger partial charge in [0.1, 0.15) is 17.5 Å². The Morgan fingerprint density at radius 3 is 2.56 bits per heavy atom. The molecule has 2 aromatic carbocycles. The summed E-state index contributed by atoms with van der Waals surface area (Å²) in [5.41, 5.74) is 1.71. The molecule has 0 bridgehead atoms. The normalized spacial score (nSPS) is 14.9. The fourth-order valence-corrected chi connectivity index (χ4v) is 4.83. The molecule has 7 nitrogen and oxygen atoms in total. The van der Waals surface area contributed by atoms with Gasteiger partial charge >= 0.3 is 0 Å². The molecular weight excluding hydrogens is 366 g/mol. The number of amides is 1. The van der Waals surface area contributed by atoms with Crippen LogP contribution in [0.1, 0.15) is 0 Å². The molecular formula is C19H19N3O4S. The van der Waals surface area contributed by atoms with Crippen LogP contribution >= 0.6 is 0 Å². The maximum atomic E-state index is 12.7. The van der Waals surface area contributed by atoms with Crippen LogP contribution in [0.3, 0.4) is 0 Å². The number of imidazole rings is 1. The summed E-state index contributed by atoms with van der Waals surface area (Å²) < 4.78 is 32.2. The van der Waals surface area contributed by atoms with Crippen molar-refractivity contribution < 1.29 is 17.9 Å². The van der Waals surface area contributed by atoms with Gasteiger partial charge in [-0.2, -0.15) is 0 Å². The number of hydrogen-bond acceptors (Lipinski definition) is 5. The number of benzene rings is 2. The molecule has 0 saturated carbocycles. The van der Waals surface area contributed by atoms with Gasteiger partial charge < -0.3 is 14.2 Å². The second-order valence-electron chi connectivity index (χ2n) is 6.50. The average Bonchev–Trinajstić information content (AvgIpc) is 3.03. The predicted octanol–water partition coefficient (Wildman–Crippen LogP) is 1.73. The Morgan fingerprint density at radius 2 is 1.85 bits per heavy atom. The molecule has 0 spiro atoms. The molecule has 1 aliphatic rings. The highest BCUT2D eigenvalue weighted by Crippen LogP contribution is 2.25. The van der Waals surface area contributed by atoms with E-state index in [0.717, 1.165) is 11.0 Å². The number of para-hydroxylation sites is 2. The zero-order valence-corrected chi connectivity index (χ0v) is 15.6. The lowest BCUT2D eigenvalue weighted by molar-refractivity contribution is -0.134. The quantitative estimate of drug-likeness (QED) is 0.668. The Hall–Kier alpha value is -2.87. The molecule has 0 unspecified atom stereocenters. The number of sulfone groups is 1. The summed E-state index contributed by atoms with van der Waals surface area (Å²) in [7, 11) is -1.93. The van der Waals surface area contributed by atoms with Crippen molar-refractivity contribution in [2.45, 2.75) is 16.7 Å². The summed E-state index contributed by atoms with van der Waals surface area (Å²) in [5.74, 6) is 0.492. The Labute approximate surface area is 157 Å². The molecule has 1 fully saturated rings. The largest absolute Gasteiger partial charge is 0.497 e. The van der Waals surface area contributed by atoms with Crippen molar-refractivity contribution in [3.63, 3.8) is 0 Å². The molecule has 2 heterocycles. The zero-order chi connectivity index (χ0) is 19.0. The van der Waals surface area contributed by atoms with Crippen LogP contribution in [0.5, 0.6) is 5.75 Å². The number of carbonyl (C=O) groups excluding carboxylic acids is 1. The standard InChI is InChI=1S/C19H19N3O4S/c1-26-14-6-8-15(9-7-14)27(24,25)16-10-21(11-16)19(23)12-22-13-20-17-4-2-3-5-18(17)22/h2-9,13,16H,10-12H2,1H3. The van der Waals surface area contributed by atoms with E-state index in [-0.39, 0.29) is 30.4 Å². The second-order valence-corrected chi connectivity index (χ2v) is 8.73. The maximum absolute atomic E-state index is 12.7. The van der Waals surface area contributed by atoms with Crippen molar-refractivity contribution in [1.29, 1.82) is 0 Å². The third kappa shape index (κ3) is 3.16. The van der Waals surface area contributed by atoms with Crippen molar-refractivity contribution in [3.8, 4) is 5.75 Å². The number of ether oxygens (including phenoxy) is 1. The van der Waals surface area contributed by atoms with Crippen molar-refractivity contribution in [2.24, 2.45) is 0 Å². The van der Waals surface area contributed by atoms with Gasteiger partial charge in [-0.05, 0) is 36.4 Å². The highest BCUT2D eigenvalue weighted by atomic mass is 32.2. The Bertz CT molecular complexity index is 1080. The number of fused-ring (bicyclic) bond motifs is 1. The number of carbonyl (C=O) groups is 1. The van der Waals surface area contributed by atoms with Crippen LogP contribution in [0.2, 0.25) is 0 Å². The fourth-order valence-electron chi connectivity index (χ4n) is 3.18. The molecule has 140 valence electrons. The molecule has 4 rings (SSSR count). The van der Waals surface area contributed by atoms with E-state index < -0.39 is 15.1 Å². The van der Waals surface area contributed by atoms with E-state index >= 15 is 0 Å². The summed E-state index contributed by atoms with van der Waals surface area (Å²) in [4.78, 5) is 18.6. The summed E-state index contributed by atoms with van der Waals surface area (Å²) in [5, 5.41) is -0.575. The van der Waals surface area contributed by atoms with Crippen molar-refractivity contribution in [2.75, 3.05) is 20.2 Å². The first-order chi connectivity index (χ1) is 13.0. The van der Waals surface area contributed by atoms with Gasteiger partial charge in [-0.25, -0.2) is 13.4 Å². The molecule has 1 aliphatic heterocycles. The van der Waals surface area contributed by atoms with Crippen LogP contribution in [0, 0.1) is 0 Å². The van der Waals surface area contributed by atoms with Gasteiger partial charge in [-0.3, -0.25) is 4.79 Å². The third-order valence-electron chi connectivity index (χ3n) is 4.86. The van der Waals surface area contributed by atoms with Crippen molar-refractivity contribution in [3.05, 3.63) is 54.9 Å². The number of methoxy groups -OCH3 is 1. The van der Waals surface area contributed by atoms with Crippen LogP contribution in [0.4, 0.5) is 0 Å². The number of likely N-dealkylation sites (tertiary alicyclic amines) is 1. The minimum Gasteiger partial charge on any atom is -0.497 e. The van der Waals surface area contributed by atoms with Crippen LogP contribution < -0.4 is 4.74 Å². The van der Waals surface area contributed by atoms with E-state index in [1.54, 1.807) is 27.9 Å². The molecule has 0 radical (unpaired) electrons. The molecule has 1 aromatic heterocycles. The fraction of sp³-hybridized carbons (Fsp3) is 0.263. The monoisotopic (exact) mass is 385 g/mol. The van der Waals surface area contributed by atoms with Crippen LogP contribution in [-0.2, 0) is 21.2 Å². The van der Waals surface area contributed by atoms with Gasteiger partial charge in [-0.1, -0.05) is 12.1 Å². The lowest BCUT2D eigenvalue weighted by atomic mass is 10.2. The minimum atomic E-state index is -3.46. The summed E-state index contributed by atoms with van der Waals surface area (Å²) >= 11 is 0. The highest BCUT2D eigenvalue weighted by molar-refractivity contribution is 7.92. The molecule has 3 aromatic rings. The van der Waals surface area contributed by atoms with E-state index in [4.69, 9.17) is 4.74 Å². The van der Waals surface area contributed by atoms with E-state index in [9.17, 15) is 13.2 Å². The van der Waals surface area contributed by atoms with E-state index in [1.807, 2.05) is 24.3 Å². The first kappa shape index (κ1) is 17.5. The first-order valence-electron chi connectivity index (χ1n) is 8.54. The molecule has 27 heavy (non-hydrogen) atoms. The topological polar surface area (TPSA) is 81.5 Å². The molecule has 1 saturated heterocycles. The SMILES string of the molecule is COc1ccc(S(=O)(=O)C2CN(C(=O)Cn3cnc4ccccc43)C2)cc1. The van der Waals surface area contributed by atoms with Gasteiger partial charge in [0.25, 0.3) is 0 Å². The summed E-state index contributed by atoms with van der Waals surface area (Å²) in [6.45, 7) is 0.565. The van der Waals surface area contributed by atoms with E-state index in [2.05, 4.69) is 4.98 Å². The Kier molecular flexibility index (Phi) is 4.35. The number of nitrogens with zero attached hydrogens (tertiary/aromatic N) is 3. The van der Waals surface area contributed by atoms with Crippen LogP contribution in [0.25, 0.3) is 11.0 Å². The summed E-state index contributed by atoms with van der Waals surface area (Å²) in [6, 6.07) is 13.9.